The molecular formula is C23H25N5O4. The Bertz CT molecular complexity index is 1230. The molecule has 0 bridgehead atoms. The van der Waals surface area contributed by atoms with Gasteiger partial charge in [-0.3, -0.25) is 4.79 Å². The van der Waals surface area contributed by atoms with Gasteiger partial charge in [0.1, 0.15) is 0 Å². The third kappa shape index (κ3) is 4.27. The molecule has 1 N–H and O–H groups in total. The number of carbonyl (C=O) groups excluding carboxylic acids is 1. The van der Waals surface area contributed by atoms with E-state index in [0.717, 1.165) is 5.56 Å². The van der Waals surface area contributed by atoms with Gasteiger partial charge in [-0.05, 0) is 35.7 Å². The monoisotopic (exact) mass is 435 g/mol. The Labute approximate surface area is 185 Å². The molecule has 0 atom stereocenters. The summed E-state index contributed by atoms with van der Waals surface area (Å²) >= 11 is 0. The molecule has 1 aromatic carbocycles. The first kappa shape index (κ1) is 21.4. The van der Waals surface area contributed by atoms with Crippen LogP contribution in [-0.2, 0) is 6.54 Å². The highest BCUT2D eigenvalue weighted by Gasteiger charge is 2.20. The minimum absolute atomic E-state index is 0.0256. The molecule has 0 saturated heterocycles. The van der Waals surface area contributed by atoms with Crippen LogP contribution in [0.15, 0.2) is 47.2 Å². The second kappa shape index (κ2) is 9.09. The smallest absolute Gasteiger partial charge is 0.226 e. The van der Waals surface area contributed by atoms with Crippen molar-refractivity contribution < 1.29 is 18.7 Å². The van der Waals surface area contributed by atoms with Crippen molar-refractivity contribution >= 4 is 17.4 Å². The lowest BCUT2D eigenvalue weighted by Crippen LogP contribution is -2.12. The van der Waals surface area contributed by atoms with E-state index in [1.54, 1.807) is 43.3 Å². The average Bonchev–Trinajstić information content (AvgIpc) is 3.46. The van der Waals surface area contributed by atoms with Crippen LogP contribution in [0.2, 0.25) is 0 Å². The summed E-state index contributed by atoms with van der Waals surface area (Å²) in [5.74, 6) is 2.85. The van der Waals surface area contributed by atoms with Crippen LogP contribution in [0.4, 0.5) is 5.95 Å². The summed E-state index contributed by atoms with van der Waals surface area (Å²) in [7, 11) is 3.19. The first-order valence-electron chi connectivity index (χ1n) is 10.3. The number of rotatable bonds is 9. The third-order valence-electron chi connectivity index (χ3n) is 4.90. The molecule has 0 fully saturated rings. The normalized spacial score (nSPS) is 11.2. The summed E-state index contributed by atoms with van der Waals surface area (Å²) in [5, 5.41) is 7.81. The van der Waals surface area contributed by atoms with E-state index >= 15 is 0 Å². The molecule has 0 unspecified atom stereocenters. The third-order valence-corrected chi connectivity index (χ3v) is 4.90. The Balaban J connectivity index is 1.69. The SMILES string of the molecule is COc1ccc(CNc2ncc(C(=O)CC(C)C)c3nc(-c4ccco4)nn23)cc1OC. The minimum Gasteiger partial charge on any atom is -0.493 e. The molecule has 0 radical (unpaired) electrons. The number of ketones is 1. The van der Waals surface area contributed by atoms with E-state index in [1.807, 2.05) is 32.0 Å². The van der Waals surface area contributed by atoms with Gasteiger partial charge in [-0.15, -0.1) is 5.10 Å². The largest absolute Gasteiger partial charge is 0.493 e. The highest BCUT2D eigenvalue weighted by Crippen LogP contribution is 2.28. The number of aromatic nitrogens is 4. The van der Waals surface area contributed by atoms with Crippen molar-refractivity contribution in [1.29, 1.82) is 0 Å². The lowest BCUT2D eigenvalue weighted by molar-refractivity contribution is 0.0968. The Hall–Kier alpha value is -3.88. The fourth-order valence-corrected chi connectivity index (χ4v) is 3.35. The molecule has 3 heterocycles. The fraction of sp³-hybridized carbons (Fsp3) is 0.304. The molecular weight excluding hydrogens is 410 g/mol. The van der Waals surface area contributed by atoms with Crippen LogP contribution in [0.25, 0.3) is 17.2 Å². The number of benzene rings is 1. The molecule has 0 spiro atoms. The maximum Gasteiger partial charge on any atom is 0.226 e. The molecule has 0 aliphatic carbocycles. The number of Topliss-reactive ketones (excluding diaryl/α,β-unsaturated/α-hetero) is 1. The number of furan rings is 1. The Kier molecular flexibility index (Phi) is 6.07. The zero-order valence-electron chi connectivity index (χ0n) is 18.5. The van der Waals surface area contributed by atoms with Gasteiger partial charge in [0.2, 0.25) is 11.8 Å². The van der Waals surface area contributed by atoms with Crippen LogP contribution in [0.5, 0.6) is 11.5 Å². The van der Waals surface area contributed by atoms with Crippen LogP contribution in [-0.4, -0.2) is 39.6 Å². The Morgan fingerprint density at radius 3 is 2.69 bits per heavy atom. The minimum atomic E-state index is -0.0256. The topological polar surface area (TPSA) is 104 Å². The van der Waals surface area contributed by atoms with Crippen molar-refractivity contribution in [3.63, 3.8) is 0 Å². The van der Waals surface area contributed by atoms with E-state index in [0.29, 0.717) is 53.2 Å². The number of hydrogen-bond acceptors (Lipinski definition) is 8. The van der Waals surface area contributed by atoms with E-state index < -0.39 is 0 Å². The van der Waals surface area contributed by atoms with E-state index in [9.17, 15) is 4.79 Å². The van der Waals surface area contributed by atoms with Gasteiger partial charge in [-0.2, -0.15) is 4.52 Å². The summed E-state index contributed by atoms with van der Waals surface area (Å²) in [6.07, 6.45) is 3.51. The molecule has 0 aliphatic rings. The van der Waals surface area contributed by atoms with Gasteiger partial charge in [0, 0.05) is 19.2 Å². The number of ether oxygens (including phenoxy) is 2. The first-order chi connectivity index (χ1) is 15.5. The van der Waals surface area contributed by atoms with Gasteiger partial charge in [0.25, 0.3) is 0 Å². The van der Waals surface area contributed by atoms with Crippen LogP contribution in [0.1, 0.15) is 36.2 Å². The zero-order chi connectivity index (χ0) is 22.7. The van der Waals surface area contributed by atoms with E-state index in [2.05, 4.69) is 20.4 Å². The Morgan fingerprint density at radius 2 is 2.00 bits per heavy atom. The molecule has 0 amide bonds. The quantitative estimate of drug-likeness (QED) is 0.389. The Morgan fingerprint density at radius 1 is 1.19 bits per heavy atom. The van der Waals surface area contributed by atoms with Gasteiger partial charge in [-0.25, -0.2) is 9.97 Å². The van der Waals surface area contributed by atoms with Crippen molar-refractivity contribution in [2.75, 3.05) is 19.5 Å². The molecule has 32 heavy (non-hydrogen) atoms. The molecule has 3 aromatic heterocycles. The number of fused-ring (bicyclic) bond motifs is 1. The number of hydrogen-bond donors (Lipinski definition) is 1. The van der Waals surface area contributed by atoms with Gasteiger partial charge >= 0.3 is 0 Å². The van der Waals surface area contributed by atoms with Crippen molar-refractivity contribution in [3.8, 4) is 23.1 Å². The van der Waals surface area contributed by atoms with E-state index in [4.69, 9.17) is 13.9 Å². The maximum absolute atomic E-state index is 12.8. The lowest BCUT2D eigenvalue weighted by Gasteiger charge is -2.12. The molecule has 9 heteroatoms. The average molecular weight is 435 g/mol. The molecule has 166 valence electrons. The van der Waals surface area contributed by atoms with Crippen molar-refractivity contribution in [2.24, 2.45) is 5.92 Å². The number of methoxy groups -OCH3 is 2. The molecule has 4 aromatic rings. The van der Waals surface area contributed by atoms with Crippen molar-refractivity contribution in [3.05, 3.63) is 53.9 Å². The molecule has 0 saturated carbocycles. The summed E-state index contributed by atoms with van der Waals surface area (Å²) in [6.45, 7) is 4.46. The summed E-state index contributed by atoms with van der Waals surface area (Å²) in [5.41, 5.74) is 1.83. The first-order valence-corrected chi connectivity index (χ1v) is 10.3. The van der Waals surface area contributed by atoms with Gasteiger partial charge < -0.3 is 19.2 Å². The highest BCUT2D eigenvalue weighted by molar-refractivity contribution is 6.01. The fourth-order valence-electron chi connectivity index (χ4n) is 3.35. The highest BCUT2D eigenvalue weighted by atomic mass is 16.5. The molecule has 0 aliphatic heterocycles. The predicted octanol–water partition coefficient (Wildman–Crippen LogP) is 4.24. The van der Waals surface area contributed by atoms with Crippen LogP contribution in [0.3, 0.4) is 0 Å². The predicted molar refractivity (Wildman–Crippen MR) is 119 cm³/mol. The van der Waals surface area contributed by atoms with E-state index in [-0.39, 0.29) is 11.7 Å². The summed E-state index contributed by atoms with van der Waals surface area (Å²) < 4.78 is 17.7. The lowest BCUT2D eigenvalue weighted by atomic mass is 10.0. The van der Waals surface area contributed by atoms with Gasteiger partial charge in [0.15, 0.2) is 28.7 Å². The van der Waals surface area contributed by atoms with Crippen LogP contribution in [0, 0.1) is 5.92 Å². The van der Waals surface area contributed by atoms with Gasteiger partial charge in [0.05, 0.1) is 26.0 Å². The number of carbonyl (C=O) groups is 1. The standard InChI is InChI=1S/C23H25N5O4/c1-14(2)10-17(29)16-13-25-23(24-12-15-7-8-18(30-3)20(11-15)31-4)28-22(16)26-21(27-28)19-6-5-9-32-19/h5-9,11,13-14H,10,12H2,1-4H3,(H,24,25). The van der Waals surface area contributed by atoms with Crippen LogP contribution >= 0.6 is 0 Å². The van der Waals surface area contributed by atoms with E-state index in [1.165, 1.54) is 0 Å². The second-order valence-electron chi connectivity index (χ2n) is 7.71. The van der Waals surface area contributed by atoms with Crippen LogP contribution < -0.4 is 14.8 Å². The number of nitrogens with zero attached hydrogens (tertiary/aromatic N) is 4. The number of anilines is 1. The zero-order valence-corrected chi connectivity index (χ0v) is 18.5. The van der Waals surface area contributed by atoms with Crippen molar-refractivity contribution in [2.45, 2.75) is 26.8 Å². The summed E-state index contributed by atoms with van der Waals surface area (Å²) in [6, 6.07) is 9.20. The van der Waals surface area contributed by atoms with Gasteiger partial charge in [-0.1, -0.05) is 19.9 Å². The maximum atomic E-state index is 12.8. The second-order valence-corrected chi connectivity index (χ2v) is 7.71. The summed E-state index contributed by atoms with van der Waals surface area (Å²) in [4.78, 5) is 21.8. The molecule has 9 nitrogen and oxygen atoms in total. The molecule has 4 rings (SSSR count). The number of nitrogens with one attached hydrogen (secondary N) is 1. The van der Waals surface area contributed by atoms with Crippen molar-refractivity contribution in [1.82, 2.24) is 19.6 Å².